The topological polar surface area (TPSA) is 117 Å². The summed E-state index contributed by atoms with van der Waals surface area (Å²) < 4.78 is 15.0. The van der Waals surface area contributed by atoms with Crippen molar-refractivity contribution < 1.29 is 28.7 Å². The molecule has 9 heteroatoms. The van der Waals surface area contributed by atoms with Crippen LogP contribution in [0.5, 0.6) is 11.5 Å². The van der Waals surface area contributed by atoms with Crippen molar-refractivity contribution in [2.24, 2.45) is 0 Å². The van der Waals surface area contributed by atoms with E-state index < -0.39 is 29.1 Å². The number of nitro groups is 1. The van der Waals surface area contributed by atoms with Crippen LogP contribution < -0.4 is 14.8 Å². The molecule has 0 aliphatic carbocycles. The second kappa shape index (κ2) is 6.95. The van der Waals surface area contributed by atoms with Gasteiger partial charge in [0.15, 0.2) is 18.1 Å². The molecule has 0 saturated carbocycles. The lowest BCUT2D eigenvalue weighted by Gasteiger charge is -2.11. The minimum absolute atomic E-state index is 0.0546. The van der Waals surface area contributed by atoms with Gasteiger partial charge in [0.1, 0.15) is 5.56 Å². The van der Waals surface area contributed by atoms with E-state index in [4.69, 9.17) is 14.2 Å². The highest BCUT2D eigenvalue weighted by Crippen LogP contribution is 2.38. The van der Waals surface area contributed by atoms with Crippen molar-refractivity contribution in [3.8, 4) is 11.5 Å². The number of carbonyl (C=O) groups excluding carboxylic acids is 2. The molecule has 1 amide bonds. The number of rotatable bonds is 6. The van der Waals surface area contributed by atoms with Crippen LogP contribution in [-0.2, 0) is 9.53 Å². The van der Waals surface area contributed by atoms with Crippen molar-refractivity contribution in [2.45, 2.75) is 26.3 Å². The third kappa shape index (κ3) is 3.87. The van der Waals surface area contributed by atoms with Gasteiger partial charge in [-0.05, 0) is 13.3 Å². The minimum Gasteiger partial charge on any atom is -0.454 e. The largest absolute Gasteiger partial charge is 0.454 e. The SMILES string of the molecule is CCC(C)NC(=O)COC(=O)c1cc2c(cc1[N+](=O)[O-])OCO2. The van der Waals surface area contributed by atoms with E-state index in [2.05, 4.69) is 5.32 Å². The maximum atomic E-state index is 12.0. The molecule has 0 radical (unpaired) electrons. The number of fused-ring (bicyclic) bond motifs is 1. The van der Waals surface area contributed by atoms with E-state index in [1.165, 1.54) is 6.07 Å². The molecule has 23 heavy (non-hydrogen) atoms. The fourth-order valence-electron chi connectivity index (χ4n) is 1.87. The molecule has 0 aromatic heterocycles. The van der Waals surface area contributed by atoms with Crippen LogP contribution in [0.1, 0.15) is 30.6 Å². The summed E-state index contributed by atoms with van der Waals surface area (Å²) in [6.45, 7) is 3.10. The number of ether oxygens (including phenoxy) is 3. The summed E-state index contributed by atoms with van der Waals surface area (Å²) in [4.78, 5) is 34.0. The zero-order chi connectivity index (χ0) is 17.0. The number of amides is 1. The van der Waals surface area contributed by atoms with Crippen LogP contribution in [0.2, 0.25) is 0 Å². The van der Waals surface area contributed by atoms with Crippen LogP contribution in [0.4, 0.5) is 5.69 Å². The molecule has 124 valence electrons. The molecule has 1 N–H and O–H groups in total. The lowest BCUT2D eigenvalue weighted by Crippen LogP contribution is -2.35. The molecule has 9 nitrogen and oxygen atoms in total. The van der Waals surface area contributed by atoms with Crippen LogP contribution in [0.25, 0.3) is 0 Å². The number of hydrogen-bond acceptors (Lipinski definition) is 7. The Morgan fingerprint density at radius 1 is 1.39 bits per heavy atom. The Morgan fingerprint density at radius 2 is 2.04 bits per heavy atom. The molecule has 1 unspecified atom stereocenters. The second-order valence-corrected chi connectivity index (χ2v) is 4.93. The van der Waals surface area contributed by atoms with Gasteiger partial charge in [-0.2, -0.15) is 0 Å². The molecule has 0 bridgehead atoms. The Morgan fingerprint density at radius 3 is 2.65 bits per heavy atom. The molecule has 1 atom stereocenters. The molecule has 0 saturated heterocycles. The number of carbonyl (C=O) groups is 2. The molecule has 1 aliphatic heterocycles. The van der Waals surface area contributed by atoms with E-state index in [0.29, 0.717) is 0 Å². The lowest BCUT2D eigenvalue weighted by molar-refractivity contribution is -0.385. The summed E-state index contributed by atoms with van der Waals surface area (Å²) >= 11 is 0. The number of esters is 1. The summed E-state index contributed by atoms with van der Waals surface area (Å²) in [5.41, 5.74) is -0.767. The van der Waals surface area contributed by atoms with Crippen LogP contribution in [0.3, 0.4) is 0 Å². The highest BCUT2D eigenvalue weighted by atomic mass is 16.7. The van der Waals surface area contributed by atoms with E-state index in [1.54, 1.807) is 0 Å². The van der Waals surface area contributed by atoms with Crippen molar-refractivity contribution in [3.05, 3.63) is 27.8 Å². The van der Waals surface area contributed by atoms with Crippen molar-refractivity contribution in [3.63, 3.8) is 0 Å². The van der Waals surface area contributed by atoms with Crippen molar-refractivity contribution >= 4 is 17.6 Å². The number of nitro benzene ring substituents is 1. The summed E-state index contributed by atoms with van der Waals surface area (Å²) in [5.74, 6) is -1.06. The van der Waals surface area contributed by atoms with Gasteiger partial charge >= 0.3 is 5.97 Å². The highest BCUT2D eigenvalue weighted by Gasteiger charge is 2.28. The quantitative estimate of drug-likeness (QED) is 0.477. The predicted molar refractivity (Wildman–Crippen MR) is 77.4 cm³/mol. The molecule has 1 aromatic rings. The average molecular weight is 324 g/mol. The Labute approximate surface area is 131 Å². The molecule has 1 aromatic carbocycles. The van der Waals surface area contributed by atoms with Gasteiger partial charge in [0, 0.05) is 12.1 Å². The molecule has 1 heterocycles. The maximum absolute atomic E-state index is 12.0. The third-order valence-corrected chi connectivity index (χ3v) is 3.26. The first-order chi connectivity index (χ1) is 10.9. The number of nitrogens with zero attached hydrogens (tertiary/aromatic N) is 1. The van der Waals surface area contributed by atoms with Crippen LogP contribution in [0.15, 0.2) is 12.1 Å². The van der Waals surface area contributed by atoms with E-state index in [1.807, 2.05) is 13.8 Å². The van der Waals surface area contributed by atoms with Crippen molar-refractivity contribution in [1.29, 1.82) is 0 Å². The Balaban J connectivity index is 2.10. The van der Waals surface area contributed by atoms with Gasteiger partial charge in [-0.25, -0.2) is 4.79 Å². The lowest BCUT2D eigenvalue weighted by atomic mass is 10.1. The maximum Gasteiger partial charge on any atom is 0.345 e. The van der Waals surface area contributed by atoms with E-state index in [-0.39, 0.29) is 29.9 Å². The summed E-state index contributed by atoms with van der Waals surface area (Å²) in [7, 11) is 0. The third-order valence-electron chi connectivity index (χ3n) is 3.26. The van der Waals surface area contributed by atoms with Gasteiger partial charge in [-0.3, -0.25) is 14.9 Å². The summed E-state index contributed by atoms with van der Waals surface area (Å²) in [6, 6.07) is 2.22. The Bertz CT molecular complexity index is 644. The van der Waals surface area contributed by atoms with Crippen LogP contribution in [-0.4, -0.2) is 36.2 Å². The molecular formula is C14H16N2O7. The zero-order valence-corrected chi connectivity index (χ0v) is 12.7. The van der Waals surface area contributed by atoms with Gasteiger partial charge in [0.2, 0.25) is 6.79 Å². The monoisotopic (exact) mass is 324 g/mol. The Kier molecular flexibility index (Phi) is 4.99. The minimum atomic E-state index is -0.977. The number of nitrogens with one attached hydrogen (secondary N) is 1. The number of benzene rings is 1. The summed E-state index contributed by atoms with van der Waals surface area (Å²) in [5, 5.41) is 13.7. The molecule has 0 spiro atoms. The van der Waals surface area contributed by atoms with Gasteiger partial charge in [0.25, 0.3) is 11.6 Å². The van der Waals surface area contributed by atoms with E-state index in [0.717, 1.165) is 12.5 Å². The standard InChI is InChI=1S/C14H16N2O7/c1-3-8(2)15-13(17)6-21-14(18)9-4-11-12(23-7-22-11)5-10(9)16(19)20/h4-5,8H,3,6-7H2,1-2H3,(H,15,17). The molecule has 0 fully saturated rings. The zero-order valence-electron chi connectivity index (χ0n) is 12.7. The van der Waals surface area contributed by atoms with Crippen LogP contribution in [0, 0.1) is 10.1 Å². The smallest absolute Gasteiger partial charge is 0.345 e. The van der Waals surface area contributed by atoms with E-state index >= 15 is 0 Å². The van der Waals surface area contributed by atoms with Gasteiger partial charge in [0.05, 0.1) is 11.0 Å². The molecule has 1 aliphatic rings. The fraction of sp³-hybridized carbons (Fsp3) is 0.429. The second-order valence-electron chi connectivity index (χ2n) is 4.93. The van der Waals surface area contributed by atoms with Crippen molar-refractivity contribution in [2.75, 3.05) is 13.4 Å². The molecule has 2 rings (SSSR count). The van der Waals surface area contributed by atoms with E-state index in [9.17, 15) is 19.7 Å². The normalized spacial score (nSPS) is 13.3. The summed E-state index contributed by atoms with van der Waals surface area (Å²) in [6.07, 6.45) is 0.729. The predicted octanol–water partition coefficient (Wildman–Crippen LogP) is 1.39. The highest BCUT2D eigenvalue weighted by molar-refractivity contribution is 5.96. The first-order valence-corrected chi connectivity index (χ1v) is 6.97. The van der Waals surface area contributed by atoms with Gasteiger partial charge < -0.3 is 19.5 Å². The first kappa shape index (κ1) is 16.5. The van der Waals surface area contributed by atoms with Crippen molar-refractivity contribution in [1.82, 2.24) is 5.32 Å². The average Bonchev–Trinajstić information content (AvgIpc) is 2.98. The molecular weight excluding hydrogens is 308 g/mol. The first-order valence-electron chi connectivity index (χ1n) is 6.97. The van der Waals surface area contributed by atoms with Gasteiger partial charge in [-0.1, -0.05) is 6.92 Å². The fourth-order valence-corrected chi connectivity index (χ4v) is 1.87. The van der Waals surface area contributed by atoms with Gasteiger partial charge in [-0.15, -0.1) is 0 Å². The Hall–Kier alpha value is -2.84. The van der Waals surface area contributed by atoms with Crippen LogP contribution >= 0.6 is 0 Å². The number of hydrogen-bond donors (Lipinski definition) is 1.